The zero-order chi connectivity index (χ0) is 18.6. The molecule has 1 aliphatic heterocycles. The summed E-state index contributed by atoms with van der Waals surface area (Å²) < 4.78 is 1.60. The third-order valence-corrected chi connectivity index (χ3v) is 4.73. The van der Waals surface area contributed by atoms with E-state index in [-0.39, 0.29) is 11.8 Å². The number of anilines is 2. The van der Waals surface area contributed by atoms with E-state index >= 15 is 0 Å². The average molecular weight is 364 g/mol. The number of carbonyl (C=O) groups excluding carboxylic acids is 1. The summed E-state index contributed by atoms with van der Waals surface area (Å²) in [6, 6.07) is 5.68. The van der Waals surface area contributed by atoms with Crippen molar-refractivity contribution in [2.24, 2.45) is 5.92 Å². The Labute approximate surface area is 156 Å². The number of hydrogen-bond donors (Lipinski definition) is 1. The maximum Gasteiger partial charge on any atom is 0.228 e. The van der Waals surface area contributed by atoms with Crippen LogP contribution in [0.4, 0.5) is 11.6 Å². The van der Waals surface area contributed by atoms with E-state index in [4.69, 9.17) is 0 Å². The number of amides is 1. The topological polar surface area (TPSA) is 102 Å². The average Bonchev–Trinajstić information content (AvgIpc) is 3.25. The number of aromatic nitrogens is 6. The highest BCUT2D eigenvalue weighted by Crippen LogP contribution is 2.24. The van der Waals surface area contributed by atoms with Gasteiger partial charge in [0.15, 0.2) is 5.82 Å². The van der Waals surface area contributed by atoms with Crippen LogP contribution < -0.4 is 10.2 Å². The molecule has 0 atom stereocenters. The van der Waals surface area contributed by atoms with Gasteiger partial charge in [-0.25, -0.2) is 24.6 Å². The molecule has 0 bridgehead atoms. The Morgan fingerprint density at radius 3 is 2.70 bits per heavy atom. The van der Waals surface area contributed by atoms with Crippen molar-refractivity contribution < 1.29 is 4.79 Å². The highest BCUT2D eigenvalue weighted by molar-refractivity contribution is 5.92. The number of pyridine rings is 1. The molecule has 4 heterocycles. The van der Waals surface area contributed by atoms with Crippen LogP contribution in [0.3, 0.4) is 0 Å². The Morgan fingerprint density at radius 2 is 1.96 bits per heavy atom. The van der Waals surface area contributed by atoms with Crippen LogP contribution >= 0.6 is 0 Å². The Morgan fingerprint density at radius 1 is 1.15 bits per heavy atom. The zero-order valence-corrected chi connectivity index (χ0v) is 15.0. The van der Waals surface area contributed by atoms with E-state index in [2.05, 4.69) is 35.3 Å². The van der Waals surface area contributed by atoms with E-state index in [1.807, 2.05) is 25.1 Å². The van der Waals surface area contributed by atoms with Crippen LogP contribution in [-0.2, 0) is 4.79 Å². The van der Waals surface area contributed by atoms with E-state index in [1.54, 1.807) is 17.2 Å². The quantitative estimate of drug-likeness (QED) is 0.750. The molecule has 1 N–H and O–H groups in total. The molecule has 0 spiro atoms. The number of hydrogen-bond acceptors (Lipinski definition) is 7. The molecule has 0 radical (unpaired) electrons. The van der Waals surface area contributed by atoms with Crippen molar-refractivity contribution in [1.29, 1.82) is 0 Å². The highest BCUT2D eigenvalue weighted by atomic mass is 16.1. The van der Waals surface area contributed by atoms with E-state index in [0.717, 1.165) is 37.3 Å². The fourth-order valence-corrected chi connectivity index (χ4v) is 3.17. The second-order valence-corrected chi connectivity index (χ2v) is 6.49. The van der Waals surface area contributed by atoms with Crippen molar-refractivity contribution in [2.45, 2.75) is 19.8 Å². The van der Waals surface area contributed by atoms with Crippen molar-refractivity contribution in [2.75, 3.05) is 23.3 Å². The summed E-state index contributed by atoms with van der Waals surface area (Å²) in [5, 5.41) is 7.04. The van der Waals surface area contributed by atoms with Gasteiger partial charge in [-0.2, -0.15) is 5.10 Å². The molecule has 0 aliphatic carbocycles. The summed E-state index contributed by atoms with van der Waals surface area (Å²) in [5.41, 5.74) is 0.963. The first-order valence-electron chi connectivity index (χ1n) is 8.85. The maximum atomic E-state index is 12.6. The molecule has 0 unspecified atom stereocenters. The van der Waals surface area contributed by atoms with Gasteiger partial charge in [0.25, 0.3) is 0 Å². The van der Waals surface area contributed by atoms with Gasteiger partial charge in [-0.1, -0.05) is 6.07 Å². The van der Waals surface area contributed by atoms with E-state index in [1.165, 1.54) is 12.7 Å². The van der Waals surface area contributed by atoms with Gasteiger partial charge in [-0.15, -0.1) is 0 Å². The van der Waals surface area contributed by atoms with Gasteiger partial charge in [0.05, 0.1) is 0 Å². The smallest absolute Gasteiger partial charge is 0.228 e. The van der Waals surface area contributed by atoms with E-state index < -0.39 is 0 Å². The fraction of sp³-hybridized carbons (Fsp3) is 0.333. The summed E-state index contributed by atoms with van der Waals surface area (Å²) in [6.45, 7) is 3.45. The molecule has 3 aromatic heterocycles. The summed E-state index contributed by atoms with van der Waals surface area (Å²) in [7, 11) is 0. The molecule has 1 amide bonds. The summed E-state index contributed by atoms with van der Waals surface area (Å²) in [5.74, 6) is 2.14. The number of rotatable bonds is 4. The van der Waals surface area contributed by atoms with Crippen LogP contribution in [-0.4, -0.2) is 48.7 Å². The molecular weight excluding hydrogens is 344 g/mol. The van der Waals surface area contributed by atoms with Crippen molar-refractivity contribution in [3.63, 3.8) is 0 Å². The monoisotopic (exact) mass is 364 g/mol. The Bertz CT molecular complexity index is 919. The summed E-state index contributed by atoms with van der Waals surface area (Å²) >= 11 is 0. The summed E-state index contributed by atoms with van der Waals surface area (Å²) in [4.78, 5) is 31.5. The molecule has 4 rings (SSSR count). The zero-order valence-electron chi connectivity index (χ0n) is 15.0. The van der Waals surface area contributed by atoms with Gasteiger partial charge in [-0.3, -0.25) is 4.79 Å². The van der Waals surface area contributed by atoms with Gasteiger partial charge in [0.2, 0.25) is 5.91 Å². The highest BCUT2D eigenvalue weighted by Gasteiger charge is 2.26. The predicted molar refractivity (Wildman–Crippen MR) is 99.5 cm³/mol. The lowest BCUT2D eigenvalue weighted by atomic mass is 9.96. The van der Waals surface area contributed by atoms with Gasteiger partial charge in [-0.05, 0) is 31.4 Å². The van der Waals surface area contributed by atoms with Gasteiger partial charge < -0.3 is 10.2 Å². The second-order valence-electron chi connectivity index (χ2n) is 6.49. The number of carbonyl (C=O) groups is 1. The van der Waals surface area contributed by atoms with E-state index in [0.29, 0.717) is 11.6 Å². The second kappa shape index (κ2) is 7.48. The number of aryl methyl sites for hydroxylation is 1. The lowest BCUT2D eigenvalue weighted by Crippen LogP contribution is -2.38. The molecule has 138 valence electrons. The molecule has 3 aromatic rings. The molecule has 0 saturated carbocycles. The van der Waals surface area contributed by atoms with Crippen molar-refractivity contribution >= 4 is 17.5 Å². The van der Waals surface area contributed by atoms with Gasteiger partial charge >= 0.3 is 0 Å². The van der Waals surface area contributed by atoms with Gasteiger partial charge in [0.1, 0.15) is 30.6 Å². The first-order valence-corrected chi connectivity index (χ1v) is 8.85. The van der Waals surface area contributed by atoms with Crippen LogP contribution in [0.2, 0.25) is 0 Å². The van der Waals surface area contributed by atoms with E-state index in [9.17, 15) is 4.79 Å². The number of piperidine rings is 1. The Balaban J connectivity index is 1.38. The molecule has 1 fully saturated rings. The van der Waals surface area contributed by atoms with Crippen LogP contribution in [0, 0.1) is 12.8 Å². The van der Waals surface area contributed by atoms with Crippen molar-refractivity contribution in [3.8, 4) is 5.82 Å². The van der Waals surface area contributed by atoms with Crippen LogP contribution in [0.15, 0.2) is 43.4 Å². The summed E-state index contributed by atoms with van der Waals surface area (Å²) in [6.07, 6.45) is 7.81. The third-order valence-electron chi connectivity index (χ3n) is 4.73. The van der Waals surface area contributed by atoms with Crippen LogP contribution in [0.5, 0.6) is 0 Å². The minimum Gasteiger partial charge on any atom is -0.356 e. The predicted octanol–water partition coefficient (Wildman–Crippen LogP) is 1.62. The Hall–Kier alpha value is -3.36. The minimum absolute atomic E-state index is 0.0284. The van der Waals surface area contributed by atoms with Crippen molar-refractivity contribution in [3.05, 3.63) is 48.9 Å². The normalized spacial score (nSPS) is 14.9. The first kappa shape index (κ1) is 17.1. The molecule has 1 aliphatic rings. The first-order chi connectivity index (χ1) is 13.2. The lowest BCUT2D eigenvalue weighted by Gasteiger charge is -2.32. The standard InChI is InChI=1S/C18H20N8O/c1-13-3-2-6-20-17(13)24-18(27)14-4-7-25(8-5-14)15-9-16(22-11-21-15)26-12-19-10-23-26/h2-3,6,9-12,14H,4-5,7-8H2,1H3,(H,20,24,27). The molecular formula is C18H20N8O. The Kier molecular flexibility index (Phi) is 4.73. The largest absolute Gasteiger partial charge is 0.356 e. The number of nitrogens with zero attached hydrogens (tertiary/aromatic N) is 7. The number of nitrogens with one attached hydrogen (secondary N) is 1. The van der Waals surface area contributed by atoms with Crippen LogP contribution in [0.25, 0.3) is 5.82 Å². The lowest BCUT2D eigenvalue weighted by molar-refractivity contribution is -0.120. The fourth-order valence-electron chi connectivity index (χ4n) is 3.17. The molecule has 9 heteroatoms. The SMILES string of the molecule is Cc1cccnc1NC(=O)C1CCN(c2cc(-n3cncn3)ncn2)CC1. The minimum atomic E-state index is -0.0284. The molecule has 9 nitrogen and oxygen atoms in total. The van der Waals surface area contributed by atoms with Gasteiger partial charge in [0, 0.05) is 31.3 Å². The maximum absolute atomic E-state index is 12.6. The molecule has 0 aromatic carbocycles. The molecule has 27 heavy (non-hydrogen) atoms. The van der Waals surface area contributed by atoms with Crippen LogP contribution in [0.1, 0.15) is 18.4 Å². The third kappa shape index (κ3) is 3.76. The molecule has 1 saturated heterocycles. The van der Waals surface area contributed by atoms with Crippen molar-refractivity contribution in [1.82, 2.24) is 29.7 Å².